The number of ether oxygens (including phenoxy) is 3. The number of nitrogens with zero attached hydrogens (tertiary/aromatic N) is 1. The molecule has 200 valence electrons. The largest absolute Gasteiger partial charge is 0.410 e. The molecule has 4 heterocycles. The van der Waals surface area contributed by atoms with Gasteiger partial charge in [-0.25, -0.2) is 0 Å². The first kappa shape index (κ1) is 26.3. The quantitative estimate of drug-likeness (QED) is 0.400. The van der Waals surface area contributed by atoms with Crippen molar-refractivity contribution in [1.82, 2.24) is 4.90 Å². The highest BCUT2D eigenvalue weighted by atomic mass is 28.4. The fourth-order valence-electron chi connectivity index (χ4n) is 7.02. The lowest BCUT2D eigenvalue weighted by Gasteiger charge is -2.45. The van der Waals surface area contributed by atoms with Crippen LogP contribution in [-0.2, 0) is 18.6 Å². The molecule has 3 unspecified atom stereocenters. The van der Waals surface area contributed by atoms with E-state index in [1.165, 1.54) is 19.3 Å². The van der Waals surface area contributed by atoms with Crippen molar-refractivity contribution in [2.24, 2.45) is 17.8 Å². The van der Waals surface area contributed by atoms with E-state index in [4.69, 9.17) is 18.6 Å². The van der Waals surface area contributed by atoms with Gasteiger partial charge in [-0.3, -0.25) is 4.90 Å². The van der Waals surface area contributed by atoms with Gasteiger partial charge in [0.25, 0.3) is 5.97 Å². The predicted octanol–water partition coefficient (Wildman–Crippen LogP) is 5.07. The van der Waals surface area contributed by atoms with Gasteiger partial charge in [-0.1, -0.05) is 46.3 Å². The summed E-state index contributed by atoms with van der Waals surface area (Å²) in [6.45, 7) is 18.2. The highest BCUT2D eigenvalue weighted by molar-refractivity contribution is 6.74. The minimum atomic E-state index is -1.86. The molecule has 1 N–H and O–H groups in total. The Kier molecular flexibility index (Phi) is 6.90. The van der Waals surface area contributed by atoms with E-state index in [1.54, 1.807) is 0 Å². The van der Waals surface area contributed by atoms with Gasteiger partial charge in [0, 0.05) is 30.3 Å². The zero-order valence-corrected chi connectivity index (χ0v) is 24.1. The third-order valence-corrected chi connectivity index (χ3v) is 14.6. The maximum absolute atomic E-state index is 11.6. The van der Waals surface area contributed by atoms with E-state index in [0.717, 1.165) is 19.4 Å². The monoisotopic (exact) mass is 507 g/mol. The lowest BCUT2D eigenvalue weighted by atomic mass is 9.78. The Hall–Kier alpha value is -0.283. The number of aliphatic hydroxyl groups is 1. The van der Waals surface area contributed by atoms with E-state index in [9.17, 15) is 5.11 Å². The number of fused-ring (bicyclic) bond motifs is 2. The van der Waals surface area contributed by atoms with Gasteiger partial charge in [0.15, 0.2) is 8.32 Å². The second-order valence-electron chi connectivity index (χ2n) is 13.8. The van der Waals surface area contributed by atoms with Crippen LogP contribution in [0.3, 0.4) is 0 Å². The lowest BCUT2D eigenvalue weighted by Crippen LogP contribution is -2.53. The molecular formula is C28H49NO5Si. The lowest BCUT2D eigenvalue weighted by molar-refractivity contribution is -0.391. The first-order valence-electron chi connectivity index (χ1n) is 14.1. The fourth-order valence-corrected chi connectivity index (χ4v) is 8.31. The van der Waals surface area contributed by atoms with Gasteiger partial charge in [0.2, 0.25) is 0 Å². The van der Waals surface area contributed by atoms with Crippen LogP contribution in [0.5, 0.6) is 0 Å². The molecule has 9 atom stereocenters. The van der Waals surface area contributed by atoms with Crippen molar-refractivity contribution in [3.8, 4) is 0 Å². The summed E-state index contributed by atoms with van der Waals surface area (Å²) < 4.78 is 25.4. The molecule has 2 bridgehead atoms. The third-order valence-electron chi connectivity index (χ3n) is 10.2. The van der Waals surface area contributed by atoms with Crippen LogP contribution in [0.4, 0.5) is 0 Å². The number of hydrogen-bond acceptors (Lipinski definition) is 6. The zero-order chi connectivity index (χ0) is 25.2. The average molecular weight is 508 g/mol. The van der Waals surface area contributed by atoms with Crippen LogP contribution in [0.15, 0.2) is 12.2 Å². The molecule has 1 aliphatic carbocycles. The number of rotatable bonds is 6. The summed E-state index contributed by atoms with van der Waals surface area (Å²) in [7, 11) is -1.86. The summed E-state index contributed by atoms with van der Waals surface area (Å²) in [6, 6.07) is 0.635. The summed E-state index contributed by atoms with van der Waals surface area (Å²) in [4.78, 5) is 2.66. The van der Waals surface area contributed by atoms with E-state index in [-0.39, 0.29) is 28.7 Å². The number of hydrogen-bond donors (Lipinski definition) is 1. The highest BCUT2D eigenvalue weighted by Crippen LogP contribution is 2.49. The zero-order valence-electron chi connectivity index (χ0n) is 23.1. The Morgan fingerprint density at radius 3 is 2.71 bits per heavy atom. The molecule has 0 spiro atoms. The fraction of sp³-hybridized carbons (Fsp3) is 0.929. The Morgan fingerprint density at radius 2 is 1.97 bits per heavy atom. The first-order chi connectivity index (χ1) is 16.3. The van der Waals surface area contributed by atoms with Gasteiger partial charge in [-0.2, -0.15) is 0 Å². The Bertz CT molecular complexity index is 814. The van der Waals surface area contributed by atoms with Crippen LogP contribution >= 0.6 is 0 Å². The standard InChI is InChI=1S/C28H49NO5Si/c1-19(28-31-15-13-27(5,34-28)18-32-28)16-23(30)22-17-20-11-12-24(33-35(6,7)26(2,3)4)21-10-8-9-14-29(22)25(20)21/h11-12,19-25,30H,8-10,13-18H2,1-7H3/t19?,20-,21+,22-,23-,24+,25-,27?,28?/m0/s1. The minimum absolute atomic E-state index is 0.0322. The second kappa shape index (κ2) is 9.18. The van der Waals surface area contributed by atoms with Gasteiger partial charge in [-0.15, -0.1) is 0 Å². The van der Waals surface area contributed by atoms with E-state index in [1.807, 2.05) is 0 Å². The van der Waals surface area contributed by atoms with E-state index in [0.29, 0.717) is 37.5 Å². The van der Waals surface area contributed by atoms with Crippen LogP contribution in [0.2, 0.25) is 18.1 Å². The number of aliphatic hydroxyl groups excluding tert-OH is 1. The molecule has 4 fully saturated rings. The van der Waals surface area contributed by atoms with E-state index in [2.05, 4.69) is 64.8 Å². The van der Waals surface area contributed by atoms with Crippen LogP contribution < -0.4 is 0 Å². The average Bonchev–Trinajstić information content (AvgIpc) is 3.14. The Labute approximate surface area is 213 Å². The molecular weight excluding hydrogens is 458 g/mol. The normalized spacial score (nSPS) is 43.6. The molecule has 7 heteroatoms. The predicted molar refractivity (Wildman–Crippen MR) is 139 cm³/mol. The van der Waals surface area contributed by atoms with Crippen LogP contribution in [0.1, 0.15) is 73.1 Å². The maximum atomic E-state index is 11.6. The van der Waals surface area contributed by atoms with Crippen molar-refractivity contribution in [2.45, 2.75) is 127 Å². The smallest absolute Gasteiger partial charge is 0.286 e. The van der Waals surface area contributed by atoms with Crippen molar-refractivity contribution in [1.29, 1.82) is 0 Å². The summed E-state index contributed by atoms with van der Waals surface area (Å²) in [6.07, 6.45) is 10.7. The van der Waals surface area contributed by atoms with Gasteiger partial charge in [0.1, 0.15) is 0 Å². The maximum Gasteiger partial charge on any atom is 0.286 e. The Morgan fingerprint density at radius 1 is 1.20 bits per heavy atom. The van der Waals surface area contributed by atoms with Crippen molar-refractivity contribution < 1.29 is 23.7 Å². The highest BCUT2D eigenvalue weighted by Gasteiger charge is 2.57. The van der Waals surface area contributed by atoms with Crippen LogP contribution in [0, 0.1) is 17.8 Å². The SMILES string of the molecule is CC(C[C@H](O)[C@@H]1C[C@@H]2C=C[C@@H](O[Si](C)(C)C(C)(C)C)[C@H]3CCCCN1[C@H]32)C12OCCC(C)(CO1)O2. The molecule has 0 saturated carbocycles. The third kappa shape index (κ3) is 4.73. The Balaban J connectivity index is 1.30. The minimum Gasteiger partial charge on any atom is -0.410 e. The molecule has 4 aliphatic heterocycles. The van der Waals surface area contributed by atoms with Gasteiger partial charge in [-0.05, 0) is 63.2 Å². The molecule has 4 saturated heterocycles. The summed E-state index contributed by atoms with van der Waals surface area (Å²) in [5.74, 6) is -0.0180. The van der Waals surface area contributed by atoms with Gasteiger partial charge < -0.3 is 23.7 Å². The van der Waals surface area contributed by atoms with Crippen molar-refractivity contribution in [3.05, 3.63) is 12.2 Å². The summed E-state index contributed by atoms with van der Waals surface area (Å²) in [5.41, 5.74) is -0.262. The van der Waals surface area contributed by atoms with Crippen LogP contribution in [0.25, 0.3) is 0 Å². The molecule has 0 radical (unpaired) electrons. The summed E-state index contributed by atoms with van der Waals surface area (Å²) in [5, 5.41) is 11.8. The molecule has 0 amide bonds. The first-order valence-corrected chi connectivity index (χ1v) is 17.0. The van der Waals surface area contributed by atoms with Gasteiger partial charge >= 0.3 is 0 Å². The molecule has 0 aromatic rings. The van der Waals surface area contributed by atoms with E-state index < -0.39 is 20.4 Å². The second-order valence-corrected chi connectivity index (χ2v) is 18.6. The topological polar surface area (TPSA) is 60.4 Å². The van der Waals surface area contributed by atoms with E-state index >= 15 is 0 Å². The summed E-state index contributed by atoms with van der Waals surface area (Å²) >= 11 is 0. The van der Waals surface area contributed by atoms with Crippen molar-refractivity contribution >= 4 is 8.32 Å². The molecule has 35 heavy (non-hydrogen) atoms. The molecule has 0 aromatic carbocycles. The van der Waals surface area contributed by atoms with Crippen molar-refractivity contribution in [2.75, 3.05) is 19.8 Å². The molecule has 6 nitrogen and oxygen atoms in total. The van der Waals surface area contributed by atoms with Crippen LogP contribution in [-0.4, -0.2) is 73.9 Å². The van der Waals surface area contributed by atoms with Crippen molar-refractivity contribution in [3.63, 3.8) is 0 Å². The molecule has 5 rings (SSSR count). The molecule has 5 aliphatic rings. The van der Waals surface area contributed by atoms with Gasteiger partial charge in [0.05, 0.1) is 31.0 Å². The molecule has 0 aromatic heterocycles.